The molecule has 2 N–H and O–H groups in total. The molecule has 0 fully saturated rings. The average Bonchev–Trinajstić information content (AvgIpc) is 2.86. The van der Waals surface area contributed by atoms with E-state index in [4.69, 9.17) is 4.74 Å². The number of Topliss-reactive ketones (excluding diaryl/α,β-unsaturated/α-hetero) is 1. The van der Waals surface area contributed by atoms with Gasteiger partial charge in [0.1, 0.15) is 5.56 Å². The fourth-order valence-corrected chi connectivity index (χ4v) is 2.78. The van der Waals surface area contributed by atoms with E-state index in [2.05, 4.69) is 11.5 Å². The SMILES string of the molecule is CCCn1c(C)cc(C(=O)COC(=O)c2ccc(C)c(O)c2O)c1C. The van der Waals surface area contributed by atoms with Gasteiger partial charge in [-0.05, 0) is 44.9 Å². The lowest BCUT2D eigenvalue weighted by Gasteiger charge is -2.09. The summed E-state index contributed by atoms with van der Waals surface area (Å²) >= 11 is 0. The summed E-state index contributed by atoms with van der Waals surface area (Å²) in [5.41, 5.74) is 2.61. The molecule has 0 aliphatic rings. The summed E-state index contributed by atoms with van der Waals surface area (Å²) in [6, 6.07) is 4.63. The number of benzene rings is 1. The summed E-state index contributed by atoms with van der Waals surface area (Å²) in [7, 11) is 0. The zero-order chi connectivity index (χ0) is 18.7. The summed E-state index contributed by atoms with van der Waals surface area (Å²) in [6.07, 6.45) is 0.954. The number of ether oxygens (including phenoxy) is 1. The molecule has 0 radical (unpaired) electrons. The van der Waals surface area contributed by atoms with Gasteiger partial charge in [0.15, 0.2) is 18.1 Å². The quantitative estimate of drug-likeness (QED) is 0.476. The third-order valence-corrected chi connectivity index (χ3v) is 4.23. The second-order valence-electron chi connectivity index (χ2n) is 6.06. The predicted molar refractivity (Wildman–Crippen MR) is 93.3 cm³/mol. The Morgan fingerprint density at radius 1 is 1.08 bits per heavy atom. The zero-order valence-electron chi connectivity index (χ0n) is 14.9. The third-order valence-electron chi connectivity index (χ3n) is 4.23. The standard InChI is InChI=1S/C19H23NO5/c1-5-8-20-12(3)9-15(13(20)4)16(21)10-25-19(24)14-7-6-11(2)17(22)18(14)23/h6-7,9,22-23H,5,8,10H2,1-4H3. The van der Waals surface area contributed by atoms with Crippen LogP contribution in [0.3, 0.4) is 0 Å². The molecular formula is C19H23NO5. The lowest BCUT2D eigenvalue weighted by atomic mass is 10.1. The Bertz CT molecular complexity index is 820. The van der Waals surface area contributed by atoms with Crippen molar-refractivity contribution in [2.24, 2.45) is 0 Å². The topological polar surface area (TPSA) is 88.8 Å². The van der Waals surface area contributed by atoms with Crippen LogP contribution in [0.2, 0.25) is 0 Å². The van der Waals surface area contributed by atoms with Gasteiger partial charge in [-0.1, -0.05) is 13.0 Å². The normalized spacial score (nSPS) is 10.7. The van der Waals surface area contributed by atoms with Crippen molar-refractivity contribution in [3.63, 3.8) is 0 Å². The molecule has 0 saturated heterocycles. The van der Waals surface area contributed by atoms with Crippen LogP contribution < -0.4 is 0 Å². The van der Waals surface area contributed by atoms with E-state index in [-0.39, 0.29) is 17.1 Å². The molecule has 0 aliphatic carbocycles. The van der Waals surface area contributed by atoms with Crippen LogP contribution in [0, 0.1) is 20.8 Å². The van der Waals surface area contributed by atoms with Gasteiger partial charge in [-0.15, -0.1) is 0 Å². The highest BCUT2D eigenvalue weighted by Gasteiger charge is 2.20. The van der Waals surface area contributed by atoms with Crippen molar-refractivity contribution in [3.8, 4) is 11.5 Å². The van der Waals surface area contributed by atoms with Crippen molar-refractivity contribution in [3.05, 3.63) is 46.3 Å². The first-order chi connectivity index (χ1) is 11.8. The van der Waals surface area contributed by atoms with Crippen molar-refractivity contribution >= 4 is 11.8 Å². The molecule has 0 unspecified atom stereocenters. The minimum Gasteiger partial charge on any atom is -0.504 e. The second kappa shape index (κ2) is 7.42. The number of ketones is 1. The molecule has 2 aromatic rings. The van der Waals surface area contributed by atoms with Crippen LogP contribution in [-0.2, 0) is 11.3 Å². The van der Waals surface area contributed by atoms with E-state index in [0.29, 0.717) is 11.1 Å². The van der Waals surface area contributed by atoms with Gasteiger partial charge in [0.25, 0.3) is 0 Å². The molecule has 0 atom stereocenters. The number of esters is 1. The molecule has 0 bridgehead atoms. The van der Waals surface area contributed by atoms with Gasteiger partial charge in [-0.2, -0.15) is 0 Å². The lowest BCUT2D eigenvalue weighted by molar-refractivity contribution is 0.0471. The van der Waals surface area contributed by atoms with Crippen LogP contribution in [0.25, 0.3) is 0 Å². The van der Waals surface area contributed by atoms with Crippen LogP contribution in [0.5, 0.6) is 11.5 Å². The summed E-state index contributed by atoms with van der Waals surface area (Å²) < 4.78 is 7.07. The third kappa shape index (κ3) is 3.68. The van der Waals surface area contributed by atoms with Crippen LogP contribution in [0.1, 0.15) is 51.0 Å². The molecule has 2 rings (SSSR count). The Balaban J connectivity index is 2.11. The van der Waals surface area contributed by atoms with Gasteiger partial charge in [0, 0.05) is 23.5 Å². The summed E-state index contributed by atoms with van der Waals surface area (Å²) in [5, 5.41) is 19.5. The van der Waals surface area contributed by atoms with Crippen molar-refractivity contribution < 1.29 is 24.5 Å². The van der Waals surface area contributed by atoms with E-state index in [1.807, 2.05) is 13.8 Å². The fraction of sp³-hybridized carbons (Fsp3) is 0.368. The Morgan fingerprint density at radius 3 is 2.40 bits per heavy atom. The number of carbonyl (C=O) groups excluding carboxylic acids is 2. The number of carbonyl (C=O) groups is 2. The average molecular weight is 345 g/mol. The number of hydrogen-bond acceptors (Lipinski definition) is 5. The van der Waals surface area contributed by atoms with E-state index in [9.17, 15) is 19.8 Å². The molecule has 0 spiro atoms. The monoisotopic (exact) mass is 345 g/mol. The van der Waals surface area contributed by atoms with Gasteiger partial charge < -0.3 is 19.5 Å². The maximum atomic E-state index is 12.4. The number of hydrogen-bond donors (Lipinski definition) is 2. The Morgan fingerprint density at radius 2 is 1.76 bits per heavy atom. The van der Waals surface area contributed by atoms with Crippen molar-refractivity contribution in [2.45, 2.75) is 40.7 Å². The van der Waals surface area contributed by atoms with Gasteiger partial charge in [0.2, 0.25) is 5.78 Å². The van der Waals surface area contributed by atoms with Crippen molar-refractivity contribution in [1.29, 1.82) is 0 Å². The van der Waals surface area contributed by atoms with Crippen LogP contribution >= 0.6 is 0 Å². The maximum Gasteiger partial charge on any atom is 0.342 e. The fourth-order valence-electron chi connectivity index (χ4n) is 2.78. The van der Waals surface area contributed by atoms with E-state index in [1.54, 1.807) is 13.0 Å². The van der Waals surface area contributed by atoms with Gasteiger partial charge in [-0.3, -0.25) is 4.79 Å². The molecule has 1 aromatic heterocycles. The first-order valence-electron chi connectivity index (χ1n) is 8.16. The van der Waals surface area contributed by atoms with E-state index < -0.39 is 18.3 Å². The van der Waals surface area contributed by atoms with E-state index in [0.717, 1.165) is 24.4 Å². The Kier molecular flexibility index (Phi) is 5.51. The molecule has 25 heavy (non-hydrogen) atoms. The largest absolute Gasteiger partial charge is 0.504 e. The van der Waals surface area contributed by atoms with E-state index >= 15 is 0 Å². The van der Waals surface area contributed by atoms with Crippen molar-refractivity contribution in [1.82, 2.24) is 4.57 Å². The van der Waals surface area contributed by atoms with E-state index in [1.165, 1.54) is 12.1 Å². The molecule has 0 aliphatic heterocycles. The Hall–Kier alpha value is -2.76. The number of rotatable bonds is 6. The second-order valence-corrected chi connectivity index (χ2v) is 6.06. The summed E-state index contributed by atoms with van der Waals surface area (Å²) in [5.74, 6) is -2.08. The number of nitrogens with zero attached hydrogens (tertiary/aromatic N) is 1. The van der Waals surface area contributed by atoms with Crippen LogP contribution in [0.4, 0.5) is 0 Å². The van der Waals surface area contributed by atoms with Crippen LogP contribution in [0.15, 0.2) is 18.2 Å². The zero-order valence-corrected chi connectivity index (χ0v) is 14.9. The number of aryl methyl sites for hydroxylation is 2. The molecule has 134 valence electrons. The smallest absolute Gasteiger partial charge is 0.342 e. The maximum absolute atomic E-state index is 12.4. The molecular weight excluding hydrogens is 322 g/mol. The van der Waals surface area contributed by atoms with Gasteiger partial charge >= 0.3 is 5.97 Å². The minimum absolute atomic E-state index is 0.174. The van der Waals surface area contributed by atoms with Crippen LogP contribution in [-0.4, -0.2) is 33.1 Å². The highest BCUT2D eigenvalue weighted by atomic mass is 16.5. The molecule has 6 nitrogen and oxygen atoms in total. The number of aromatic nitrogens is 1. The lowest BCUT2D eigenvalue weighted by Crippen LogP contribution is -2.15. The first-order valence-corrected chi connectivity index (χ1v) is 8.16. The number of aromatic hydroxyl groups is 2. The summed E-state index contributed by atoms with van der Waals surface area (Å²) in [6.45, 7) is 7.84. The number of phenols is 2. The highest BCUT2D eigenvalue weighted by Crippen LogP contribution is 2.32. The summed E-state index contributed by atoms with van der Waals surface area (Å²) in [4.78, 5) is 24.4. The molecule has 0 amide bonds. The Labute approximate surface area is 146 Å². The molecule has 1 heterocycles. The van der Waals surface area contributed by atoms with Gasteiger partial charge in [0.05, 0.1) is 0 Å². The number of phenolic OH excluding ortho intramolecular Hbond substituents is 2. The molecule has 0 saturated carbocycles. The molecule has 6 heteroatoms. The highest BCUT2D eigenvalue weighted by molar-refractivity contribution is 6.01. The van der Waals surface area contributed by atoms with Gasteiger partial charge in [-0.25, -0.2) is 4.79 Å². The predicted octanol–water partition coefficient (Wildman–Crippen LogP) is 3.27. The van der Waals surface area contributed by atoms with Crippen molar-refractivity contribution in [2.75, 3.05) is 6.61 Å². The minimum atomic E-state index is -0.858. The first kappa shape index (κ1) is 18.6. The molecule has 1 aromatic carbocycles.